The molecule has 8 heteroatoms. The standard InChI is InChI=1S/C27H30N2O6/c1-17-7-5-6-8-21(17)29-26(30)20(16-28)13-18-9-11-23(24(14-18)33-3)35-27(31)19-10-12-22(32-2)25(15-19)34-4/h9-15,17,21H,5-8H2,1-4H3,(H,29,30)/b20-13-. The van der Waals surface area contributed by atoms with E-state index in [-0.39, 0.29) is 28.7 Å². The molecule has 0 bridgehead atoms. The minimum atomic E-state index is -0.605. The van der Waals surface area contributed by atoms with E-state index in [1.807, 2.05) is 6.07 Å². The molecular formula is C27H30N2O6. The molecule has 0 heterocycles. The lowest BCUT2D eigenvalue weighted by molar-refractivity contribution is -0.118. The van der Waals surface area contributed by atoms with E-state index in [9.17, 15) is 14.9 Å². The third-order valence-corrected chi connectivity index (χ3v) is 6.11. The molecule has 8 nitrogen and oxygen atoms in total. The molecule has 1 saturated carbocycles. The number of hydrogen-bond acceptors (Lipinski definition) is 7. The van der Waals surface area contributed by atoms with E-state index in [2.05, 4.69) is 12.2 Å². The molecule has 184 valence electrons. The van der Waals surface area contributed by atoms with Gasteiger partial charge in [-0.1, -0.05) is 25.8 Å². The Bertz CT molecular complexity index is 1150. The summed E-state index contributed by atoms with van der Waals surface area (Å²) in [6, 6.07) is 11.6. The molecule has 3 rings (SSSR count). The molecule has 1 N–H and O–H groups in total. The van der Waals surface area contributed by atoms with Crippen LogP contribution in [0.3, 0.4) is 0 Å². The van der Waals surface area contributed by atoms with Crippen molar-refractivity contribution in [1.82, 2.24) is 5.32 Å². The van der Waals surface area contributed by atoms with Crippen LogP contribution in [0.5, 0.6) is 23.0 Å². The van der Waals surface area contributed by atoms with Gasteiger partial charge in [0.1, 0.15) is 11.6 Å². The van der Waals surface area contributed by atoms with Crippen molar-refractivity contribution >= 4 is 18.0 Å². The molecule has 0 aliphatic heterocycles. The fraction of sp³-hybridized carbons (Fsp3) is 0.370. The zero-order chi connectivity index (χ0) is 25.4. The number of esters is 1. The van der Waals surface area contributed by atoms with Gasteiger partial charge in [-0.25, -0.2) is 4.79 Å². The second kappa shape index (κ2) is 11.9. The Morgan fingerprint density at radius 3 is 2.26 bits per heavy atom. The van der Waals surface area contributed by atoms with Gasteiger partial charge < -0.3 is 24.3 Å². The zero-order valence-electron chi connectivity index (χ0n) is 20.4. The second-order valence-electron chi connectivity index (χ2n) is 8.38. The van der Waals surface area contributed by atoms with Crippen molar-refractivity contribution in [3.8, 4) is 29.1 Å². The summed E-state index contributed by atoms with van der Waals surface area (Å²) < 4.78 is 21.3. The van der Waals surface area contributed by atoms with Crippen LogP contribution in [0, 0.1) is 17.2 Å². The molecule has 0 saturated heterocycles. The van der Waals surface area contributed by atoms with Crippen LogP contribution in [0.15, 0.2) is 42.0 Å². The first-order chi connectivity index (χ1) is 16.9. The Kier molecular flexibility index (Phi) is 8.74. The third-order valence-electron chi connectivity index (χ3n) is 6.11. The number of carbonyl (C=O) groups excluding carboxylic acids is 2. The molecule has 0 spiro atoms. The number of nitriles is 1. The van der Waals surface area contributed by atoms with Gasteiger partial charge in [-0.05, 0) is 60.7 Å². The van der Waals surface area contributed by atoms with Gasteiger partial charge in [0.15, 0.2) is 23.0 Å². The molecule has 1 aliphatic rings. The van der Waals surface area contributed by atoms with Crippen molar-refractivity contribution in [2.24, 2.45) is 5.92 Å². The van der Waals surface area contributed by atoms with Crippen LogP contribution >= 0.6 is 0 Å². The third kappa shape index (κ3) is 6.33. The quantitative estimate of drug-likeness (QED) is 0.257. The van der Waals surface area contributed by atoms with Gasteiger partial charge in [-0.3, -0.25) is 4.79 Å². The number of benzene rings is 2. The SMILES string of the molecule is COc1ccc(C(=O)Oc2ccc(/C=C(/C#N)C(=O)NC3CCCCC3C)cc2OC)cc1OC. The first kappa shape index (κ1) is 25.6. The van der Waals surface area contributed by atoms with E-state index < -0.39 is 11.9 Å². The van der Waals surface area contributed by atoms with Crippen LogP contribution in [-0.2, 0) is 4.79 Å². The van der Waals surface area contributed by atoms with E-state index >= 15 is 0 Å². The Morgan fingerprint density at radius 1 is 0.943 bits per heavy atom. The van der Waals surface area contributed by atoms with Crippen molar-refractivity contribution in [1.29, 1.82) is 5.26 Å². The highest BCUT2D eigenvalue weighted by atomic mass is 16.6. The van der Waals surface area contributed by atoms with Crippen LogP contribution in [0.25, 0.3) is 6.08 Å². The summed E-state index contributed by atoms with van der Waals surface area (Å²) in [6.45, 7) is 2.12. The predicted molar refractivity (Wildman–Crippen MR) is 131 cm³/mol. The zero-order valence-corrected chi connectivity index (χ0v) is 20.4. The molecule has 0 radical (unpaired) electrons. The van der Waals surface area contributed by atoms with E-state index in [1.165, 1.54) is 33.5 Å². The number of methoxy groups -OCH3 is 3. The summed E-state index contributed by atoms with van der Waals surface area (Å²) in [5.74, 6) is 0.759. The van der Waals surface area contributed by atoms with Gasteiger partial charge in [0.2, 0.25) is 0 Å². The lowest BCUT2D eigenvalue weighted by Gasteiger charge is -2.29. The monoisotopic (exact) mass is 478 g/mol. The van der Waals surface area contributed by atoms with E-state index in [0.29, 0.717) is 23.0 Å². The summed E-state index contributed by atoms with van der Waals surface area (Å²) in [5, 5.41) is 12.6. The number of ether oxygens (including phenoxy) is 4. The average molecular weight is 479 g/mol. The summed E-state index contributed by atoms with van der Waals surface area (Å²) in [6.07, 6.45) is 5.71. The average Bonchev–Trinajstić information content (AvgIpc) is 2.88. The van der Waals surface area contributed by atoms with Crippen molar-refractivity contribution in [2.75, 3.05) is 21.3 Å². The maximum Gasteiger partial charge on any atom is 0.343 e. The first-order valence-corrected chi connectivity index (χ1v) is 11.4. The van der Waals surface area contributed by atoms with Crippen molar-refractivity contribution < 1.29 is 28.5 Å². The summed E-state index contributed by atoms with van der Waals surface area (Å²) in [7, 11) is 4.43. The minimum Gasteiger partial charge on any atom is -0.493 e. The van der Waals surface area contributed by atoms with Crippen molar-refractivity contribution in [3.63, 3.8) is 0 Å². The lowest BCUT2D eigenvalue weighted by atomic mass is 9.86. The van der Waals surface area contributed by atoms with Gasteiger partial charge in [-0.2, -0.15) is 5.26 Å². The van der Waals surface area contributed by atoms with E-state index in [4.69, 9.17) is 18.9 Å². The summed E-state index contributed by atoms with van der Waals surface area (Å²) in [4.78, 5) is 25.4. The number of nitrogens with zero attached hydrogens (tertiary/aromatic N) is 1. The van der Waals surface area contributed by atoms with E-state index in [1.54, 1.807) is 30.3 Å². The predicted octanol–water partition coefficient (Wildman–Crippen LogP) is 4.53. The van der Waals surface area contributed by atoms with Crippen LogP contribution in [0.1, 0.15) is 48.5 Å². The lowest BCUT2D eigenvalue weighted by Crippen LogP contribution is -2.41. The molecule has 2 atom stereocenters. The molecule has 2 aromatic carbocycles. The topological polar surface area (TPSA) is 107 Å². The first-order valence-electron chi connectivity index (χ1n) is 11.4. The Balaban J connectivity index is 1.77. The Hall–Kier alpha value is -3.99. The normalized spacial score (nSPS) is 17.6. The van der Waals surface area contributed by atoms with Gasteiger partial charge in [0.25, 0.3) is 5.91 Å². The Labute approximate surface area is 205 Å². The smallest absolute Gasteiger partial charge is 0.343 e. The summed E-state index contributed by atoms with van der Waals surface area (Å²) in [5.41, 5.74) is 0.838. The largest absolute Gasteiger partial charge is 0.493 e. The highest BCUT2D eigenvalue weighted by Crippen LogP contribution is 2.32. The van der Waals surface area contributed by atoms with Gasteiger partial charge in [0.05, 0.1) is 26.9 Å². The molecular weight excluding hydrogens is 448 g/mol. The molecule has 0 aromatic heterocycles. The molecule has 1 fully saturated rings. The number of amides is 1. The van der Waals surface area contributed by atoms with Crippen LogP contribution in [-0.4, -0.2) is 39.2 Å². The Morgan fingerprint density at radius 2 is 1.60 bits per heavy atom. The van der Waals surface area contributed by atoms with Gasteiger partial charge >= 0.3 is 5.97 Å². The van der Waals surface area contributed by atoms with Crippen LogP contribution in [0.2, 0.25) is 0 Å². The van der Waals surface area contributed by atoms with Crippen LogP contribution in [0.4, 0.5) is 0 Å². The number of nitrogens with one attached hydrogen (secondary N) is 1. The van der Waals surface area contributed by atoms with Crippen molar-refractivity contribution in [3.05, 3.63) is 53.1 Å². The fourth-order valence-electron chi connectivity index (χ4n) is 4.07. The molecule has 1 amide bonds. The van der Waals surface area contributed by atoms with Crippen molar-refractivity contribution in [2.45, 2.75) is 38.6 Å². The maximum absolute atomic E-state index is 12.7. The number of rotatable bonds is 8. The summed E-state index contributed by atoms with van der Waals surface area (Å²) >= 11 is 0. The highest BCUT2D eigenvalue weighted by Gasteiger charge is 2.24. The fourth-order valence-corrected chi connectivity index (χ4v) is 4.07. The molecule has 2 aromatic rings. The highest BCUT2D eigenvalue weighted by molar-refractivity contribution is 6.02. The maximum atomic E-state index is 12.7. The number of carbonyl (C=O) groups is 2. The van der Waals surface area contributed by atoms with Crippen LogP contribution < -0.4 is 24.3 Å². The molecule has 2 unspecified atom stereocenters. The second-order valence-corrected chi connectivity index (χ2v) is 8.38. The van der Waals surface area contributed by atoms with E-state index in [0.717, 1.165) is 25.7 Å². The molecule has 1 aliphatic carbocycles. The number of hydrogen-bond donors (Lipinski definition) is 1. The minimum absolute atomic E-state index is 0.0000934. The van der Waals surface area contributed by atoms with Gasteiger partial charge in [0, 0.05) is 6.04 Å². The van der Waals surface area contributed by atoms with Gasteiger partial charge in [-0.15, -0.1) is 0 Å². The molecule has 35 heavy (non-hydrogen) atoms.